The second kappa shape index (κ2) is 4.53. The summed E-state index contributed by atoms with van der Waals surface area (Å²) in [6.07, 6.45) is 11.9. The Morgan fingerprint density at radius 1 is 1.12 bits per heavy atom. The van der Waals surface area contributed by atoms with Gasteiger partial charge in [-0.25, -0.2) is 0 Å². The van der Waals surface area contributed by atoms with Crippen molar-refractivity contribution in [1.82, 2.24) is 5.32 Å². The highest BCUT2D eigenvalue weighted by Gasteiger charge is 2.43. The number of thioether (sulfide) groups is 1. The van der Waals surface area contributed by atoms with Crippen molar-refractivity contribution in [3.63, 3.8) is 0 Å². The largest absolute Gasteiger partial charge is 0.313 e. The van der Waals surface area contributed by atoms with E-state index in [1.807, 2.05) is 0 Å². The molecule has 1 aliphatic heterocycles. The lowest BCUT2D eigenvalue weighted by molar-refractivity contribution is 0.176. The third-order valence-corrected chi connectivity index (χ3v) is 6.64. The standard InChI is InChI=1S/C14H25NS/c1-11-5-9-15-12-4-8-14(6-2-3-7-14)10-13(12)16-11/h11-13,15H,2-10H2,1H3. The number of hydrogen-bond donors (Lipinski definition) is 1. The van der Waals surface area contributed by atoms with Gasteiger partial charge >= 0.3 is 0 Å². The molecule has 0 aromatic heterocycles. The van der Waals surface area contributed by atoms with Gasteiger partial charge in [0.15, 0.2) is 0 Å². The Morgan fingerprint density at radius 3 is 2.75 bits per heavy atom. The first-order chi connectivity index (χ1) is 7.77. The molecular formula is C14H25NS. The summed E-state index contributed by atoms with van der Waals surface area (Å²) >= 11 is 2.29. The van der Waals surface area contributed by atoms with Gasteiger partial charge in [-0.05, 0) is 50.5 Å². The summed E-state index contributed by atoms with van der Waals surface area (Å²) in [4.78, 5) is 0. The van der Waals surface area contributed by atoms with E-state index < -0.39 is 0 Å². The Morgan fingerprint density at radius 2 is 1.94 bits per heavy atom. The van der Waals surface area contributed by atoms with Gasteiger partial charge in [-0.1, -0.05) is 19.8 Å². The maximum Gasteiger partial charge on any atom is 0.0209 e. The van der Waals surface area contributed by atoms with Gasteiger partial charge in [0.1, 0.15) is 0 Å². The van der Waals surface area contributed by atoms with Gasteiger partial charge in [0.25, 0.3) is 0 Å². The highest BCUT2D eigenvalue weighted by atomic mass is 32.2. The molecule has 0 bridgehead atoms. The van der Waals surface area contributed by atoms with E-state index in [1.165, 1.54) is 57.9 Å². The van der Waals surface area contributed by atoms with Crippen LogP contribution in [0.3, 0.4) is 0 Å². The zero-order valence-corrected chi connectivity index (χ0v) is 11.3. The zero-order chi connectivity index (χ0) is 11.0. The van der Waals surface area contributed by atoms with Crippen LogP contribution in [0.1, 0.15) is 58.3 Å². The average Bonchev–Trinajstić information content (AvgIpc) is 2.61. The van der Waals surface area contributed by atoms with Gasteiger partial charge < -0.3 is 5.32 Å². The van der Waals surface area contributed by atoms with Crippen LogP contribution in [-0.2, 0) is 0 Å². The molecule has 3 aliphatic rings. The molecule has 0 amide bonds. The maximum absolute atomic E-state index is 3.80. The SMILES string of the molecule is CC1CCNC2CCC3(CCCC3)CC2S1. The molecule has 2 saturated carbocycles. The van der Waals surface area contributed by atoms with Crippen molar-refractivity contribution < 1.29 is 0 Å². The fourth-order valence-corrected chi connectivity index (χ4v) is 5.84. The quantitative estimate of drug-likeness (QED) is 0.693. The molecule has 3 fully saturated rings. The fourth-order valence-electron chi connectivity index (χ4n) is 4.11. The first-order valence-electron chi connectivity index (χ1n) is 7.16. The van der Waals surface area contributed by atoms with E-state index in [0.29, 0.717) is 0 Å². The van der Waals surface area contributed by atoms with Crippen molar-refractivity contribution in [2.24, 2.45) is 5.41 Å². The summed E-state index contributed by atoms with van der Waals surface area (Å²) in [6.45, 7) is 3.67. The van der Waals surface area contributed by atoms with E-state index in [9.17, 15) is 0 Å². The van der Waals surface area contributed by atoms with E-state index >= 15 is 0 Å². The van der Waals surface area contributed by atoms with Crippen LogP contribution in [0.4, 0.5) is 0 Å². The van der Waals surface area contributed by atoms with Gasteiger partial charge in [-0.2, -0.15) is 11.8 Å². The minimum atomic E-state index is 0.778. The molecule has 1 N–H and O–H groups in total. The van der Waals surface area contributed by atoms with Gasteiger partial charge in [-0.3, -0.25) is 0 Å². The molecule has 0 aromatic carbocycles. The summed E-state index contributed by atoms with van der Waals surface area (Å²) < 4.78 is 0. The van der Waals surface area contributed by atoms with E-state index in [4.69, 9.17) is 0 Å². The van der Waals surface area contributed by atoms with Gasteiger partial charge in [0.2, 0.25) is 0 Å². The van der Waals surface area contributed by atoms with Gasteiger partial charge in [0, 0.05) is 16.5 Å². The molecule has 3 unspecified atom stereocenters. The molecule has 1 saturated heterocycles. The zero-order valence-electron chi connectivity index (χ0n) is 10.5. The fraction of sp³-hybridized carbons (Fsp3) is 1.00. The second-order valence-corrected chi connectivity index (χ2v) is 7.97. The minimum absolute atomic E-state index is 0.778. The third-order valence-electron chi connectivity index (χ3n) is 5.10. The van der Waals surface area contributed by atoms with Crippen molar-refractivity contribution in [3.8, 4) is 0 Å². The lowest BCUT2D eigenvalue weighted by Gasteiger charge is -2.42. The minimum Gasteiger partial charge on any atom is -0.313 e. The molecule has 1 spiro atoms. The monoisotopic (exact) mass is 239 g/mol. The van der Waals surface area contributed by atoms with E-state index in [-0.39, 0.29) is 0 Å². The molecule has 2 aliphatic carbocycles. The van der Waals surface area contributed by atoms with E-state index in [1.54, 1.807) is 0 Å². The highest BCUT2D eigenvalue weighted by molar-refractivity contribution is 8.00. The van der Waals surface area contributed by atoms with Crippen LogP contribution in [0.5, 0.6) is 0 Å². The number of hydrogen-bond acceptors (Lipinski definition) is 2. The van der Waals surface area contributed by atoms with Crippen molar-refractivity contribution >= 4 is 11.8 Å². The number of rotatable bonds is 0. The van der Waals surface area contributed by atoms with Crippen molar-refractivity contribution in [3.05, 3.63) is 0 Å². The molecule has 3 atom stereocenters. The van der Waals surface area contributed by atoms with E-state index in [0.717, 1.165) is 22.0 Å². The predicted octanol–water partition coefficient (Wildman–Crippen LogP) is 3.58. The van der Waals surface area contributed by atoms with Crippen LogP contribution in [0, 0.1) is 5.41 Å². The van der Waals surface area contributed by atoms with E-state index in [2.05, 4.69) is 24.0 Å². The average molecular weight is 239 g/mol. The predicted molar refractivity (Wildman–Crippen MR) is 72.0 cm³/mol. The molecule has 0 radical (unpaired) electrons. The molecule has 2 heteroatoms. The van der Waals surface area contributed by atoms with Gasteiger partial charge in [-0.15, -0.1) is 0 Å². The molecular weight excluding hydrogens is 214 g/mol. The topological polar surface area (TPSA) is 12.0 Å². The first kappa shape index (κ1) is 11.4. The Balaban J connectivity index is 1.71. The molecule has 1 heterocycles. The lowest BCUT2D eigenvalue weighted by Crippen LogP contribution is -2.44. The third kappa shape index (κ3) is 2.15. The Kier molecular flexibility index (Phi) is 3.23. The van der Waals surface area contributed by atoms with Crippen molar-refractivity contribution in [2.45, 2.75) is 74.8 Å². The van der Waals surface area contributed by atoms with Crippen LogP contribution >= 0.6 is 11.8 Å². The van der Waals surface area contributed by atoms with Crippen molar-refractivity contribution in [1.29, 1.82) is 0 Å². The molecule has 16 heavy (non-hydrogen) atoms. The smallest absolute Gasteiger partial charge is 0.0209 e. The van der Waals surface area contributed by atoms with Crippen LogP contribution in [0.25, 0.3) is 0 Å². The maximum atomic E-state index is 3.80. The normalized spacial score (nSPS) is 42.9. The highest BCUT2D eigenvalue weighted by Crippen LogP contribution is 2.52. The molecule has 3 rings (SSSR count). The summed E-state index contributed by atoms with van der Waals surface area (Å²) in [6, 6.07) is 0.834. The Bertz CT molecular complexity index is 247. The van der Waals surface area contributed by atoms with Crippen LogP contribution in [-0.4, -0.2) is 23.1 Å². The van der Waals surface area contributed by atoms with Crippen LogP contribution in [0.15, 0.2) is 0 Å². The Labute approximate surface area is 104 Å². The second-order valence-electron chi connectivity index (χ2n) is 6.28. The van der Waals surface area contributed by atoms with Crippen LogP contribution in [0.2, 0.25) is 0 Å². The van der Waals surface area contributed by atoms with Crippen LogP contribution < -0.4 is 5.32 Å². The molecule has 92 valence electrons. The first-order valence-corrected chi connectivity index (χ1v) is 8.11. The molecule has 1 nitrogen and oxygen atoms in total. The van der Waals surface area contributed by atoms with Crippen molar-refractivity contribution in [2.75, 3.05) is 6.54 Å². The lowest BCUT2D eigenvalue weighted by atomic mass is 9.71. The number of nitrogens with one attached hydrogen (secondary N) is 1. The molecule has 0 aromatic rings. The summed E-state index contributed by atoms with van der Waals surface area (Å²) in [5.41, 5.74) is 0.778. The van der Waals surface area contributed by atoms with Gasteiger partial charge in [0.05, 0.1) is 0 Å². The summed E-state index contributed by atoms with van der Waals surface area (Å²) in [7, 11) is 0. The Hall–Kier alpha value is 0.310. The summed E-state index contributed by atoms with van der Waals surface area (Å²) in [5, 5.41) is 5.59. The number of fused-ring (bicyclic) bond motifs is 1. The summed E-state index contributed by atoms with van der Waals surface area (Å²) in [5.74, 6) is 0.